The maximum atomic E-state index is 12.2. The Morgan fingerprint density at radius 2 is 2.04 bits per heavy atom. The van der Waals surface area contributed by atoms with Gasteiger partial charge in [0.2, 0.25) is 5.91 Å². The van der Waals surface area contributed by atoms with Gasteiger partial charge in [-0.15, -0.1) is 0 Å². The van der Waals surface area contributed by atoms with Gasteiger partial charge in [0.25, 0.3) is 0 Å². The van der Waals surface area contributed by atoms with Crippen molar-refractivity contribution in [1.29, 1.82) is 0 Å². The summed E-state index contributed by atoms with van der Waals surface area (Å²) in [5, 5.41) is 19.0. The Morgan fingerprint density at radius 1 is 1.42 bits per heavy atom. The predicted molar refractivity (Wildman–Crippen MR) is 79.9 cm³/mol. The molecule has 0 aromatic heterocycles. The standard InChI is InChI=1S/C12H13NO9S2/c1-5(22-24(19,20)21)9-6-4-7(23-3-2-8(14)15)10(12(17)18)13(6)11(9)16/h2-3,5-6,9H,4H2,1H3,(H,14,15)(H,17,18)(H,19,20,21)/t5-,6+,9-/m0/s1. The highest BCUT2D eigenvalue weighted by Crippen LogP contribution is 2.47. The van der Waals surface area contributed by atoms with Gasteiger partial charge in [-0.2, -0.15) is 8.42 Å². The molecule has 0 aliphatic carbocycles. The average molecular weight is 379 g/mol. The second-order valence-electron chi connectivity index (χ2n) is 5.07. The molecule has 3 atom stereocenters. The van der Waals surface area contributed by atoms with Gasteiger partial charge in [0.15, 0.2) is 0 Å². The molecule has 10 nitrogen and oxygen atoms in total. The van der Waals surface area contributed by atoms with Crippen LogP contribution < -0.4 is 0 Å². The molecule has 1 saturated heterocycles. The first-order valence-electron chi connectivity index (χ1n) is 6.54. The molecule has 0 aromatic rings. The Bertz CT molecular complexity index is 754. The van der Waals surface area contributed by atoms with E-state index in [1.54, 1.807) is 0 Å². The number of fused-ring (bicyclic) bond motifs is 1. The van der Waals surface area contributed by atoms with E-state index in [9.17, 15) is 27.9 Å². The van der Waals surface area contributed by atoms with Crippen molar-refractivity contribution in [3.05, 3.63) is 22.1 Å². The zero-order chi connectivity index (χ0) is 18.2. The van der Waals surface area contributed by atoms with Crippen LogP contribution in [0.5, 0.6) is 0 Å². The van der Waals surface area contributed by atoms with Crippen molar-refractivity contribution < 1.29 is 41.8 Å². The van der Waals surface area contributed by atoms with Crippen molar-refractivity contribution >= 4 is 40.0 Å². The van der Waals surface area contributed by atoms with Crippen LogP contribution in [0, 0.1) is 5.92 Å². The van der Waals surface area contributed by atoms with Crippen LogP contribution in [0.15, 0.2) is 22.1 Å². The van der Waals surface area contributed by atoms with E-state index in [2.05, 4.69) is 4.18 Å². The van der Waals surface area contributed by atoms with Crippen molar-refractivity contribution in [3.8, 4) is 0 Å². The molecular formula is C12H13NO9S2. The molecule has 0 bridgehead atoms. The fraction of sp³-hybridized carbons (Fsp3) is 0.417. The van der Waals surface area contributed by atoms with Gasteiger partial charge in [-0.05, 0) is 12.3 Å². The lowest BCUT2D eigenvalue weighted by molar-refractivity contribution is -0.160. The predicted octanol–water partition coefficient (Wildman–Crippen LogP) is 0.0527. The Labute approximate surface area is 140 Å². The third-order valence-electron chi connectivity index (χ3n) is 3.57. The Morgan fingerprint density at radius 3 is 2.54 bits per heavy atom. The highest BCUT2D eigenvalue weighted by atomic mass is 32.3. The summed E-state index contributed by atoms with van der Waals surface area (Å²) < 4.78 is 34.6. The molecule has 0 saturated carbocycles. The van der Waals surface area contributed by atoms with Crippen LogP contribution in [-0.2, 0) is 29.0 Å². The number of hydrogen-bond acceptors (Lipinski definition) is 7. The van der Waals surface area contributed by atoms with E-state index in [0.29, 0.717) is 0 Å². The number of carboxylic acid groups (broad SMARTS) is 2. The number of amides is 1. The van der Waals surface area contributed by atoms with Gasteiger partial charge in [0.05, 0.1) is 18.1 Å². The number of aliphatic carboxylic acids is 2. The lowest BCUT2D eigenvalue weighted by Crippen LogP contribution is -2.62. The molecule has 0 unspecified atom stereocenters. The molecule has 1 fully saturated rings. The Kier molecular flexibility index (Phi) is 5.03. The zero-order valence-electron chi connectivity index (χ0n) is 12.1. The van der Waals surface area contributed by atoms with Crippen LogP contribution in [0.1, 0.15) is 13.3 Å². The average Bonchev–Trinajstić information content (AvgIpc) is 2.71. The number of hydrogen-bond donors (Lipinski definition) is 3. The Hall–Kier alpha value is -1.89. The molecular weight excluding hydrogens is 366 g/mol. The molecule has 12 heteroatoms. The van der Waals surface area contributed by atoms with E-state index < -0.39 is 46.3 Å². The van der Waals surface area contributed by atoms with Gasteiger partial charge in [-0.25, -0.2) is 13.8 Å². The Balaban J connectivity index is 2.19. The molecule has 2 rings (SSSR count). The van der Waals surface area contributed by atoms with Crippen LogP contribution in [0.25, 0.3) is 0 Å². The summed E-state index contributed by atoms with van der Waals surface area (Å²) in [6.07, 6.45) is -0.218. The number of nitrogens with zero attached hydrogens (tertiary/aromatic N) is 1. The van der Waals surface area contributed by atoms with E-state index in [0.717, 1.165) is 22.7 Å². The summed E-state index contributed by atoms with van der Waals surface area (Å²) in [5.41, 5.74) is -0.264. The summed E-state index contributed by atoms with van der Waals surface area (Å²) in [6.45, 7) is 1.28. The first kappa shape index (κ1) is 18.4. The summed E-state index contributed by atoms with van der Waals surface area (Å²) in [5.74, 6) is -4.11. The van der Waals surface area contributed by atoms with Crippen LogP contribution >= 0.6 is 11.8 Å². The normalized spacial score (nSPS) is 24.9. The SMILES string of the molecule is C[C@H](OS(=O)(=O)O)[C@@H]1C(=O)N2C(C(=O)O)=C(SC=CC(=O)O)C[C@H]12. The first-order valence-corrected chi connectivity index (χ1v) is 8.78. The zero-order valence-corrected chi connectivity index (χ0v) is 13.8. The number of carbonyl (C=O) groups is 3. The van der Waals surface area contributed by atoms with E-state index in [-0.39, 0.29) is 17.0 Å². The van der Waals surface area contributed by atoms with Crippen molar-refractivity contribution in [2.45, 2.75) is 25.5 Å². The van der Waals surface area contributed by atoms with Crippen molar-refractivity contribution in [2.24, 2.45) is 5.92 Å². The molecule has 1 amide bonds. The highest BCUT2D eigenvalue weighted by Gasteiger charge is 2.57. The molecule has 0 spiro atoms. The maximum Gasteiger partial charge on any atom is 0.397 e. The third-order valence-corrected chi connectivity index (χ3v) is 5.03. The van der Waals surface area contributed by atoms with Crippen LogP contribution in [0.3, 0.4) is 0 Å². The van der Waals surface area contributed by atoms with E-state index in [1.807, 2.05) is 0 Å². The van der Waals surface area contributed by atoms with Crippen molar-refractivity contribution in [1.82, 2.24) is 4.90 Å². The van der Waals surface area contributed by atoms with E-state index >= 15 is 0 Å². The van der Waals surface area contributed by atoms with Gasteiger partial charge in [0, 0.05) is 17.4 Å². The second kappa shape index (κ2) is 6.55. The largest absolute Gasteiger partial charge is 0.478 e. The minimum atomic E-state index is -4.75. The topological polar surface area (TPSA) is 159 Å². The fourth-order valence-electron chi connectivity index (χ4n) is 2.75. The number of carboxylic acids is 2. The number of rotatable bonds is 7. The number of carbonyl (C=O) groups excluding carboxylic acids is 1. The summed E-state index contributed by atoms with van der Waals surface area (Å²) in [4.78, 5) is 35.3. The molecule has 2 heterocycles. The lowest BCUT2D eigenvalue weighted by atomic mass is 9.83. The monoisotopic (exact) mass is 379 g/mol. The number of β-lactam (4-membered cyclic amide) rings is 1. The van der Waals surface area contributed by atoms with Crippen LogP contribution in [0.2, 0.25) is 0 Å². The lowest BCUT2D eigenvalue weighted by Gasteiger charge is -2.45. The first-order chi connectivity index (χ1) is 11.0. The van der Waals surface area contributed by atoms with Crippen LogP contribution in [-0.4, -0.2) is 58.1 Å². The molecule has 3 N–H and O–H groups in total. The maximum absolute atomic E-state index is 12.2. The molecule has 132 valence electrons. The van der Waals surface area contributed by atoms with Crippen molar-refractivity contribution in [3.63, 3.8) is 0 Å². The molecule has 2 aliphatic rings. The van der Waals surface area contributed by atoms with Gasteiger partial charge in [-0.1, -0.05) is 11.8 Å². The molecule has 24 heavy (non-hydrogen) atoms. The quantitative estimate of drug-likeness (QED) is 0.313. The summed E-state index contributed by atoms with van der Waals surface area (Å²) in [7, 11) is -4.75. The van der Waals surface area contributed by atoms with Gasteiger partial charge in [-0.3, -0.25) is 9.35 Å². The van der Waals surface area contributed by atoms with Gasteiger partial charge in [0.1, 0.15) is 5.70 Å². The molecule has 0 aromatic carbocycles. The van der Waals surface area contributed by atoms with Gasteiger partial charge >= 0.3 is 22.3 Å². The molecule has 0 radical (unpaired) electrons. The van der Waals surface area contributed by atoms with Crippen LogP contribution in [0.4, 0.5) is 0 Å². The van der Waals surface area contributed by atoms with Crippen molar-refractivity contribution in [2.75, 3.05) is 0 Å². The summed E-state index contributed by atoms with van der Waals surface area (Å²) in [6, 6.07) is -0.624. The third kappa shape index (κ3) is 3.61. The number of thioether (sulfide) groups is 1. The molecule has 2 aliphatic heterocycles. The summed E-state index contributed by atoms with van der Waals surface area (Å²) >= 11 is 0.860. The minimum absolute atomic E-state index is 0.117. The smallest absolute Gasteiger partial charge is 0.397 e. The second-order valence-corrected chi connectivity index (χ2v) is 7.12. The van der Waals surface area contributed by atoms with E-state index in [1.165, 1.54) is 12.3 Å². The van der Waals surface area contributed by atoms with E-state index in [4.69, 9.17) is 9.66 Å². The highest BCUT2D eigenvalue weighted by molar-refractivity contribution is 8.05. The fourth-order valence-corrected chi connectivity index (χ4v) is 4.16. The minimum Gasteiger partial charge on any atom is -0.478 e. The van der Waals surface area contributed by atoms with Gasteiger partial charge < -0.3 is 15.1 Å².